The van der Waals surface area contributed by atoms with E-state index in [4.69, 9.17) is 5.11 Å². The number of nitrogens with one attached hydrogen (secondary N) is 2. The van der Waals surface area contributed by atoms with E-state index in [0.717, 1.165) is 6.42 Å². The average Bonchev–Trinajstić information content (AvgIpc) is 2.38. The van der Waals surface area contributed by atoms with Crippen LogP contribution in [0.3, 0.4) is 0 Å². The molecule has 3 N–H and O–H groups in total. The van der Waals surface area contributed by atoms with E-state index < -0.39 is 5.97 Å². The van der Waals surface area contributed by atoms with Crippen molar-refractivity contribution in [2.75, 3.05) is 11.9 Å². The number of carboxylic acid groups (broad SMARTS) is 1. The molecular weight excluding hydrogens is 324 g/mol. The molecule has 0 spiro atoms. The van der Waals surface area contributed by atoms with Crippen LogP contribution in [0.1, 0.15) is 37.6 Å². The van der Waals surface area contributed by atoms with Gasteiger partial charge in [-0.3, -0.25) is 0 Å². The zero-order valence-electron chi connectivity index (χ0n) is 11.8. The molecule has 0 aromatic heterocycles. The van der Waals surface area contributed by atoms with Gasteiger partial charge in [-0.2, -0.15) is 0 Å². The molecule has 0 saturated heterocycles. The van der Waals surface area contributed by atoms with Gasteiger partial charge in [-0.05, 0) is 46.0 Å². The van der Waals surface area contributed by atoms with E-state index in [9.17, 15) is 9.59 Å². The third-order valence-corrected chi connectivity index (χ3v) is 3.83. The van der Waals surface area contributed by atoms with E-state index in [2.05, 4.69) is 47.3 Å². The number of carbonyl (C=O) groups excluding carboxylic acids is 1. The zero-order chi connectivity index (χ0) is 15.3. The number of urea groups is 1. The van der Waals surface area contributed by atoms with Gasteiger partial charge in [0.05, 0.1) is 5.56 Å². The first-order valence-electron chi connectivity index (χ1n) is 6.33. The van der Waals surface area contributed by atoms with Gasteiger partial charge in [0.2, 0.25) is 0 Å². The lowest BCUT2D eigenvalue weighted by atomic mass is 9.90. The highest BCUT2D eigenvalue weighted by molar-refractivity contribution is 9.10. The van der Waals surface area contributed by atoms with Crippen LogP contribution >= 0.6 is 15.9 Å². The van der Waals surface area contributed by atoms with Crippen molar-refractivity contribution in [3.63, 3.8) is 0 Å². The molecule has 5 nitrogen and oxygen atoms in total. The normalized spacial score (nSPS) is 11.0. The second-order valence-corrected chi connectivity index (χ2v) is 6.18. The highest BCUT2D eigenvalue weighted by atomic mass is 79.9. The van der Waals surface area contributed by atoms with Gasteiger partial charge in [0, 0.05) is 16.7 Å². The maximum absolute atomic E-state index is 11.8. The summed E-state index contributed by atoms with van der Waals surface area (Å²) < 4.78 is 0.475. The maximum atomic E-state index is 11.8. The summed E-state index contributed by atoms with van der Waals surface area (Å²) in [5.74, 6) is -1.05. The van der Waals surface area contributed by atoms with Crippen molar-refractivity contribution in [2.45, 2.75) is 27.2 Å². The van der Waals surface area contributed by atoms with Gasteiger partial charge >= 0.3 is 12.0 Å². The topological polar surface area (TPSA) is 78.4 Å². The fourth-order valence-electron chi connectivity index (χ4n) is 1.39. The number of anilines is 1. The molecule has 1 aromatic carbocycles. The van der Waals surface area contributed by atoms with Crippen LogP contribution in [0.15, 0.2) is 22.7 Å². The largest absolute Gasteiger partial charge is 0.478 e. The molecule has 1 aromatic rings. The van der Waals surface area contributed by atoms with Gasteiger partial charge in [-0.1, -0.05) is 20.8 Å². The van der Waals surface area contributed by atoms with Crippen LogP contribution in [-0.2, 0) is 0 Å². The molecule has 20 heavy (non-hydrogen) atoms. The lowest BCUT2D eigenvalue weighted by Gasteiger charge is -2.22. The van der Waals surface area contributed by atoms with Crippen molar-refractivity contribution < 1.29 is 14.7 Å². The van der Waals surface area contributed by atoms with Crippen molar-refractivity contribution in [3.8, 4) is 0 Å². The van der Waals surface area contributed by atoms with E-state index in [1.54, 1.807) is 12.1 Å². The Bertz CT molecular complexity index is 515. The van der Waals surface area contributed by atoms with Gasteiger partial charge in [-0.25, -0.2) is 9.59 Å². The Morgan fingerprint density at radius 1 is 1.35 bits per heavy atom. The van der Waals surface area contributed by atoms with Crippen LogP contribution in [0.4, 0.5) is 10.5 Å². The van der Waals surface area contributed by atoms with Gasteiger partial charge in [-0.15, -0.1) is 0 Å². The number of rotatable bonds is 5. The summed E-state index contributed by atoms with van der Waals surface area (Å²) in [7, 11) is 0. The molecule has 0 aliphatic carbocycles. The predicted molar refractivity (Wildman–Crippen MR) is 82.2 cm³/mol. The summed E-state index contributed by atoms with van der Waals surface area (Å²) >= 11 is 3.15. The van der Waals surface area contributed by atoms with E-state index in [0.29, 0.717) is 16.7 Å². The Hall–Kier alpha value is -1.56. The number of halogens is 1. The van der Waals surface area contributed by atoms with Crippen LogP contribution in [0.2, 0.25) is 0 Å². The fraction of sp³-hybridized carbons (Fsp3) is 0.429. The number of aromatic carboxylic acids is 1. The molecule has 0 saturated carbocycles. The van der Waals surface area contributed by atoms with Crippen LogP contribution in [0.5, 0.6) is 0 Å². The first-order chi connectivity index (χ1) is 9.25. The molecule has 6 heteroatoms. The molecule has 0 atom stereocenters. The summed E-state index contributed by atoms with van der Waals surface area (Å²) in [4.78, 5) is 22.8. The summed E-state index contributed by atoms with van der Waals surface area (Å²) in [6.45, 7) is 6.75. The molecule has 1 rings (SSSR count). The number of benzene rings is 1. The smallest absolute Gasteiger partial charge is 0.336 e. The van der Waals surface area contributed by atoms with Gasteiger partial charge in [0.1, 0.15) is 0 Å². The second-order valence-electron chi connectivity index (χ2n) is 5.33. The quantitative estimate of drug-likeness (QED) is 0.763. The number of carbonyl (C=O) groups is 2. The highest BCUT2D eigenvalue weighted by Crippen LogP contribution is 2.21. The number of amides is 2. The number of hydrogen-bond donors (Lipinski definition) is 3. The molecule has 0 unspecified atom stereocenters. The number of carboxylic acids is 1. The van der Waals surface area contributed by atoms with Crippen molar-refractivity contribution in [3.05, 3.63) is 28.2 Å². The molecule has 0 aliphatic rings. The Morgan fingerprint density at radius 2 is 2.00 bits per heavy atom. The Balaban J connectivity index is 2.67. The minimum absolute atomic E-state index is 0.0310. The monoisotopic (exact) mass is 342 g/mol. The van der Waals surface area contributed by atoms with Crippen molar-refractivity contribution in [1.29, 1.82) is 0 Å². The second kappa shape index (κ2) is 6.74. The van der Waals surface area contributed by atoms with E-state index in [-0.39, 0.29) is 17.0 Å². The Kier molecular flexibility index (Phi) is 5.56. The summed E-state index contributed by atoms with van der Waals surface area (Å²) in [5, 5.41) is 14.4. The lowest BCUT2D eigenvalue weighted by Crippen LogP contribution is -2.36. The molecule has 110 valence electrons. The Labute approximate surface area is 126 Å². The lowest BCUT2D eigenvalue weighted by molar-refractivity contribution is 0.0696. The molecule has 2 amide bonds. The third kappa shape index (κ3) is 4.85. The molecular formula is C14H19BrN2O3. The standard InChI is InChI=1S/C14H19BrN2O3/c1-4-14(2,3)8-16-13(20)17-9-5-6-11(15)10(7-9)12(18)19/h5-7H,4,8H2,1-3H3,(H,18,19)(H2,16,17,20). The highest BCUT2D eigenvalue weighted by Gasteiger charge is 2.16. The minimum atomic E-state index is -1.05. The molecule has 0 radical (unpaired) electrons. The Morgan fingerprint density at radius 3 is 2.55 bits per heavy atom. The molecule has 0 heterocycles. The fourth-order valence-corrected chi connectivity index (χ4v) is 1.80. The van der Waals surface area contributed by atoms with E-state index >= 15 is 0 Å². The minimum Gasteiger partial charge on any atom is -0.478 e. The predicted octanol–water partition coefficient (Wildman–Crippen LogP) is 3.71. The van der Waals surface area contributed by atoms with Gasteiger partial charge < -0.3 is 15.7 Å². The molecule has 0 fully saturated rings. The van der Waals surface area contributed by atoms with Crippen LogP contribution in [0, 0.1) is 5.41 Å². The van der Waals surface area contributed by atoms with Crippen LogP contribution < -0.4 is 10.6 Å². The van der Waals surface area contributed by atoms with Crippen molar-refractivity contribution >= 4 is 33.6 Å². The van der Waals surface area contributed by atoms with Gasteiger partial charge in [0.25, 0.3) is 0 Å². The first-order valence-corrected chi connectivity index (χ1v) is 7.12. The van der Waals surface area contributed by atoms with Crippen molar-refractivity contribution in [1.82, 2.24) is 5.32 Å². The summed E-state index contributed by atoms with van der Waals surface area (Å²) in [6, 6.07) is 4.30. The van der Waals surface area contributed by atoms with Crippen LogP contribution in [0.25, 0.3) is 0 Å². The molecule has 0 aliphatic heterocycles. The van der Waals surface area contributed by atoms with Crippen molar-refractivity contribution in [2.24, 2.45) is 5.41 Å². The molecule has 0 bridgehead atoms. The average molecular weight is 343 g/mol. The summed E-state index contributed by atoms with van der Waals surface area (Å²) in [6.07, 6.45) is 0.953. The summed E-state index contributed by atoms with van der Waals surface area (Å²) in [5.41, 5.74) is 0.581. The van der Waals surface area contributed by atoms with Crippen LogP contribution in [-0.4, -0.2) is 23.7 Å². The van der Waals surface area contributed by atoms with E-state index in [1.807, 2.05) is 0 Å². The third-order valence-electron chi connectivity index (χ3n) is 3.14. The first kappa shape index (κ1) is 16.5. The SMILES string of the molecule is CCC(C)(C)CNC(=O)Nc1ccc(Br)c(C(=O)O)c1. The maximum Gasteiger partial charge on any atom is 0.336 e. The number of hydrogen-bond acceptors (Lipinski definition) is 2. The van der Waals surface area contributed by atoms with E-state index in [1.165, 1.54) is 6.07 Å². The zero-order valence-corrected chi connectivity index (χ0v) is 13.4. The van der Waals surface area contributed by atoms with Gasteiger partial charge in [0.15, 0.2) is 0 Å².